The molecule has 0 aliphatic carbocycles. The molecule has 0 spiro atoms. The Balaban J connectivity index is 3.20. The van der Waals surface area contributed by atoms with Crippen molar-refractivity contribution in [3.8, 4) is 0 Å². The molecule has 0 amide bonds. The Kier molecular flexibility index (Phi) is 4.56. The van der Waals surface area contributed by atoms with Crippen molar-refractivity contribution in [2.45, 2.75) is 19.8 Å². The van der Waals surface area contributed by atoms with E-state index < -0.39 is 0 Å². The predicted molar refractivity (Wildman–Crippen MR) is 36.6 cm³/mol. The molecule has 0 N–H and O–H groups in total. The average Bonchev–Trinajstić information content (AvgIpc) is 1.66. The first-order valence-electron chi connectivity index (χ1n) is 2.65. The third-order valence-electron chi connectivity index (χ3n) is 0.709. The van der Waals surface area contributed by atoms with Crippen LogP contribution < -0.4 is 0 Å². The summed E-state index contributed by atoms with van der Waals surface area (Å²) < 4.78 is 0. The minimum Gasteiger partial charge on any atom is -0.277 e. The number of carbonyl (C=O) groups is 1. The van der Waals surface area contributed by atoms with E-state index in [1.54, 1.807) is 6.08 Å². The van der Waals surface area contributed by atoms with Crippen LogP contribution in [0.1, 0.15) is 19.8 Å². The van der Waals surface area contributed by atoms with Gasteiger partial charge in [-0.25, -0.2) is 0 Å². The second kappa shape index (κ2) is 4.78. The van der Waals surface area contributed by atoms with Crippen LogP contribution in [0.25, 0.3) is 0 Å². The molecule has 0 aliphatic heterocycles. The Bertz CT molecular complexity index is 96.7. The van der Waals surface area contributed by atoms with E-state index in [1.165, 1.54) is 6.08 Å². The zero-order chi connectivity index (χ0) is 6.41. The zero-order valence-corrected chi connectivity index (χ0v) is 5.70. The van der Waals surface area contributed by atoms with Crippen LogP contribution in [0.4, 0.5) is 0 Å². The maximum absolute atomic E-state index is 10.0. The van der Waals surface area contributed by atoms with E-state index >= 15 is 0 Å². The SMILES string of the molecule is CCC/C=C/C(=O)[S]. The molecule has 2 heteroatoms. The van der Waals surface area contributed by atoms with Gasteiger partial charge in [0, 0.05) is 0 Å². The van der Waals surface area contributed by atoms with Crippen molar-refractivity contribution in [3.05, 3.63) is 12.2 Å². The summed E-state index contributed by atoms with van der Waals surface area (Å²) in [6.45, 7) is 2.05. The normalized spacial score (nSPS) is 10.1. The fourth-order valence-electron chi connectivity index (χ4n) is 0.346. The minimum atomic E-state index is -0.279. The third-order valence-corrected chi connectivity index (χ3v) is 0.845. The summed E-state index contributed by atoms with van der Waals surface area (Å²) in [5, 5.41) is -0.279. The van der Waals surface area contributed by atoms with Crippen molar-refractivity contribution in [2.24, 2.45) is 0 Å². The largest absolute Gasteiger partial charge is 0.277 e. The van der Waals surface area contributed by atoms with Crippen molar-refractivity contribution in [1.29, 1.82) is 0 Å². The van der Waals surface area contributed by atoms with Crippen LogP contribution in [0.2, 0.25) is 0 Å². The summed E-state index contributed by atoms with van der Waals surface area (Å²) in [7, 11) is 0. The fourth-order valence-corrected chi connectivity index (χ4v) is 0.442. The molecule has 1 radical (unpaired) electrons. The molecule has 0 fully saturated rings. The second-order valence-electron chi connectivity index (χ2n) is 1.51. The Labute approximate surface area is 55.2 Å². The van der Waals surface area contributed by atoms with Gasteiger partial charge in [-0.2, -0.15) is 0 Å². The summed E-state index contributed by atoms with van der Waals surface area (Å²) in [4.78, 5) is 10.0. The van der Waals surface area contributed by atoms with E-state index in [1.807, 2.05) is 0 Å². The highest BCUT2D eigenvalue weighted by molar-refractivity contribution is 7.97. The smallest absolute Gasteiger partial charge is 0.241 e. The number of hydrogen-bond acceptors (Lipinski definition) is 1. The molecule has 0 heterocycles. The van der Waals surface area contributed by atoms with Gasteiger partial charge >= 0.3 is 0 Å². The highest BCUT2D eigenvalue weighted by atomic mass is 32.1. The van der Waals surface area contributed by atoms with E-state index in [0.717, 1.165) is 12.8 Å². The Morgan fingerprint density at radius 2 is 2.38 bits per heavy atom. The number of allylic oxidation sites excluding steroid dienone is 1. The molecule has 45 valence electrons. The first-order valence-corrected chi connectivity index (χ1v) is 3.05. The van der Waals surface area contributed by atoms with Gasteiger partial charge in [0.25, 0.3) is 0 Å². The highest BCUT2D eigenvalue weighted by Gasteiger charge is 1.81. The highest BCUT2D eigenvalue weighted by Crippen LogP contribution is 1.89. The van der Waals surface area contributed by atoms with E-state index in [2.05, 4.69) is 19.6 Å². The first kappa shape index (κ1) is 7.63. The van der Waals surface area contributed by atoms with Gasteiger partial charge in [0.15, 0.2) is 0 Å². The van der Waals surface area contributed by atoms with Crippen LogP contribution in [-0.4, -0.2) is 5.12 Å². The van der Waals surface area contributed by atoms with Crippen LogP contribution in [0, 0.1) is 0 Å². The zero-order valence-electron chi connectivity index (χ0n) is 4.89. The third kappa shape index (κ3) is 5.63. The van der Waals surface area contributed by atoms with Crippen molar-refractivity contribution in [3.63, 3.8) is 0 Å². The maximum Gasteiger partial charge on any atom is 0.241 e. The minimum absolute atomic E-state index is 0.279. The molecule has 8 heavy (non-hydrogen) atoms. The number of rotatable bonds is 3. The molecule has 0 bridgehead atoms. The van der Waals surface area contributed by atoms with Gasteiger partial charge in [0.2, 0.25) is 5.12 Å². The van der Waals surface area contributed by atoms with E-state index in [9.17, 15) is 4.79 Å². The van der Waals surface area contributed by atoms with E-state index in [4.69, 9.17) is 0 Å². The molecular weight excluding hydrogens is 120 g/mol. The van der Waals surface area contributed by atoms with E-state index in [-0.39, 0.29) is 5.12 Å². The van der Waals surface area contributed by atoms with E-state index in [0.29, 0.717) is 0 Å². The molecule has 0 aromatic carbocycles. The monoisotopic (exact) mass is 129 g/mol. The van der Waals surface area contributed by atoms with Crippen molar-refractivity contribution >= 4 is 17.7 Å². The molecular formula is C6H9OS. The van der Waals surface area contributed by atoms with Crippen molar-refractivity contribution in [1.82, 2.24) is 0 Å². The maximum atomic E-state index is 10.0. The van der Waals surface area contributed by atoms with Gasteiger partial charge in [0.1, 0.15) is 0 Å². The lowest BCUT2D eigenvalue weighted by Gasteiger charge is -1.78. The molecule has 0 saturated carbocycles. The average molecular weight is 129 g/mol. The fraction of sp³-hybridized carbons (Fsp3) is 0.500. The summed E-state index contributed by atoms with van der Waals surface area (Å²) in [6, 6.07) is 0. The standard InChI is InChI=1S/C6H9OS/c1-2-3-4-5-6(7)8/h4-5H,2-3H2,1H3/b5-4+. The molecule has 0 rings (SSSR count). The van der Waals surface area contributed by atoms with Crippen LogP contribution in [0.5, 0.6) is 0 Å². The molecule has 0 atom stereocenters. The summed E-state index contributed by atoms with van der Waals surface area (Å²) in [6.07, 6.45) is 5.25. The lowest BCUT2D eigenvalue weighted by atomic mass is 10.3. The Morgan fingerprint density at radius 1 is 1.75 bits per heavy atom. The van der Waals surface area contributed by atoms with Crippen LogP contribution >= 0.6 is 12.6 Å². The van der Waals surface area contributed by atoms with Crippen LogP contribution in [0.15, 0.2) is 12.2 Å². The number of carbonyl (C=O) groups excluding carboxylic acids is 1. The van der Waals surface area contributed by atoms with Crippen molar-refractivity contribution in [2.75, 3.05) is 0 Å². The predicted octanol–water partition coefficient (Wildman–Crippen LogP) is 2.07. The van der Waals surface area contributed by atoms with Gasteiger partial charge in [-0.15, -0.1) is 0 Å². The van der Waals surface area contributed by atoms with Gasteiger partial charge in [-0.1, -0.05) is 19.4 Å². The summed E-state index contributed by atoms with van der Waals surface area (Å²) in [5.41, 5.74) is 0. The lowest BCUT2D eigenvalue weighted by molar-refractivity contribution is -0.106. The van der Waals surface area contributed by atoms with Crippen molar-refractivity contribution < 1.29 is 4.79 Å². The lowest BCUT2D eigenvalue weighted by Crippen LogP contribution is -1.73. The molecule has 0 aromatic rings. The topological polar surface area (TPSA) is 17.1 Å². The number of unbranched alkanes of at least 4 members (excludes halogenated alkanes) is 1. The quantitative estimate of drug-likeness (QED) is 0.533. The van der Waals surface area contributed by atoms with Crippen LogP contribution in [0.3, 0.4) is 0 Å². The van der Waals surface area contributed by atoms with Gasteiger partial charge < -0.3 is 0 Å². The molecule has 0 aliphatic rings. The summed E-state index contributed by atoms with van der Waals surface area (Å²) in [5.74, 6) is 0. The first-order chi connectivity index (χ1) is 3.77. The number of hydrogen-bond donors (Lipinski definition) is 0. The molecule has 1 nitrogen and oxygen atoms in total. The van der Waals surface area contributed by atoms with Gasteiger partial charge in [-0.3, -0.25) is 4.79 Å². The van der Waals surface area contributed by atoms with Crippen LogP contribution in [-0.2, 0) is 4.79 Å². The Hall–Kier alpha value is -0.370. The molecule has 0 saturated heterocycles. The van der Waals surface area contributed by atoms with Gasteiger partial charge in [0.05, 0.1) is 0 Å². The van der Waals surface area contributed by atoms with Gasteiger partial charge in [-0.05, 0) is 25.1 Å². The summed E-state index contributed by atoms with van der Waals surface area (Å²) >= 11 is 4.27. The molecule has 0 aromatic heterocycles. The molecule has 0 unspecified atom stereocenters. The second-order valence-corrected chi connectivity index (χ2v) is 1.91. The Morgan fingerprint density at radius 3 is 2.75 bits per heavy atom.